The number of nitrogens with zero attached hydrogens (tertiary/aromatic N) is 3. The van der Waals surface area contributed by atoms with Gasteiger partial charge in [-0.3, -0.25) is 9.48 Å². The van der Waals surface area contributed by atoms with E-state index in [0.29, 0.717) is 16.6 Å². The second-order valence-electron chi connectivity index (χ2n) is 5.59. The highest BCUT2D eigenvalue weighted by molar-refractivity contribution is 9.10. The van der Waals surface area contributed by atoms with Crippen molar-refractivity contribution in [1.82, 2.24) is 15.2 Å². The molecule has 1 aromatic heterocycles. The SMILES string of the molecule is O=C(NN=Cc1ccc(O)cc1O)c1nn(Cc2ccc(Br)cc2)cc1Br. The van der Waals surface area contributed by atoms with Gasteiger partial charge in [-0.25, -0.2) is 5.43 Å². The van der Waals surface area contributed by atoms with E-state index in [4.69, 9.17) is 0 Å². The molecule has 3 N–H and O–H groups in total. The van der Waals surface area contributed by atoms with Crippen LogP contribution in [-0.2, 0) is 6.54 Å². The first kappa shape index (κ1) is 19.1. The predicted molar refractivity (Wildman–Crippen MR) is 108 cm³/mol. The Bertz CT molecular complexity index is 1000. The van der Waals surface area contributed by atoms with Crippen molar-refractivity contribution >= 4 is 44.0 Å². The van der Waals surface area contributed by atoms with Crippen LogP contribution in [0.3, 0.4) is 0 Å². The third-order valence-corrected chi connectivity index (χ3v) is 4.68. The first-order chi connectivity index (χ1) is 12.9. The van der Waals surface area contributed by atoms with Gasteiger partial charge in [0.15, 0.2) is 5.69 Å². The van der Waals surface area contributed by atoms with Crippen LogP contribution in [0.1, 0.15) is 21.6 Å². The van der Waals surface area contributed by atoms with Crippen molar-refractivity contribution < 1.29 is 15.0 Å². The Morgan fingerprint density at radius 3 is 2.63 bits per heavy atom. The third kappa shape index (κ3) is 4.95. The molecular weight excluding hydrogens is 480 g/mol. The van der Waals surface area contributed by atoms with Gasteiger partial charge >= 0.3 is 0 Å². The minimum atomic E-state index is -0.494. The van der Waals surface area contributed by atoms with Gasteiger partial charge in [0, 0.05) is 22.3 Å². The summed E-state index contributed by atoms with van der Waals surface area (Å²) in [5.74, 6) is -0.701. The van der Waals surface area contributed by atoms with Crippen LogP contribution in [0, 0.1) is 0 Å². The zero-order chi connectivity index (χ0) is 19.4. The maximum atomic E-state index is 12.3. The van der Waals surface area contributed by atoms with E-state index in [-0.39, 0.29) is 17.2 Å². The Morgan fingerprint density at radius 2 is 1.93 bits per heavy atom. The summed E-state index contributed by atoms with van der Waals surface area (Å²) in [5.41, 5.74) is 3.95. The summed E-state index contributed by atoms with van der Waals surface area (Å²) in [4.78, 5) is 12.3. The molecule has 138 valence electrons. The van der Waals surface area contributed by atoms with Gasteiger partial charge in [-0.15, -0.1) is 0 Å². The molecule has 0 aliphatic rings. The fourth-order valence-corrected chi connectivity index (χ4v) is 3.02. The van der Waals surface area contributed by atoms with Gasteiger partial charge in [0.25, 0.3) is 5.91 Å². The lowest BCUT2D eigenvalue weighted by Gasteiger charge is -2.02. The lowest BCUT2D eigenvalue weighted by atomic mass is 10.2. The Kier molecular flexibility index (Phi) is 5.92. The van der Waals surface area contributed by atoms with Crippen LogP contribution >= 0.6 is 31.9 Å². The van der Waals surface area contributed by atoms with Crippen LogP contribution in [0.25, 0.3) is 0 Å². The number of nitrogens with one attached hydrogen (secondary N) is 1. The molecule has 0 saturated heterocycles. The van der Waals surface area contributed by atoms with Crippen molar-refractivity contribution in [2.75, 3.05) is 0 Å². The predicted octanol–water partition coefficient (Wildman–Crippen LogP) is 3.63. The van der Waals surface area contributed by atoms with Gasteiger partial charge in [-0.1, -0.05) is 28.1 Å². The fraction of sp³-hybridized carbons (Fsp3) is 0.0556. The summed E-state index contributed by atoms with van der Waals surface area (Å²) in [6, 6.07) is 11.9. The van der Waals surface area contributed by atoms with Crippen LogP contribution in [0.4, 0.5) is 0 Å². The van der Waals surface area contributed by atoms with Gasteiger partial charge in [-0.2, -0.15) is 10.2 Å². The minimum Gasteiger partial charge on any atom is -0.508 e. The molecule has 0 saturated carbocycles. The zero-order valence-corrected chi connectivity index (χ0v) is 17.0. The molecule has 0 fully saturated rings. The molecule has 0 unspecified atom stereocenters. The summed E-state index contributed by atoms with van der Waals surface area (Å²) < 4.78 is 3.18. The molecule has 9 heteroatoms. The second kappa shape index (κ2) is 8.36. The number of halogens is 2. The van der Waals surface area contributed by atoms with Gasteiger partial charge in [0.1, 0.15) is 11.5 Å². The van der Waals surface area contributed by atoms with Crippen molar-refractivity contribution in [3.8, 4) is 11.5 Å². The summed E-state index contributed by atoms with van der Waals surface area (Å²) in [6.07, 6.45) is 2.99. The summed E-state index contributed by atoms with van der Waals surface area (Å²) in [7, 11) is 0. The highest BCUT2D eigenvalue weighted by atomic mass is 79.9. The van der Waals surface area contributed by atoms with Crippen molar-refractivity contribution in [3.63, 3.8) is 0 Å². The monoisotopic (exact) mass is 492 g/mol. The Morgan fingerprint density at radius 1 is 1.19 bits per heavy atom. The van der Waals surface area contributed by atoms with Crippen molar-refractivity contribution in [3.05, 3.63) is 74.4 Å². The first-order valence-electron chi connectivity index (χ1n) is 7.75. The van der Waals surface area contributed by atoms with Crippen molar-refractivity contribution in [1.29, 1.82) is 0 Å². The molecule has 2 aromatic carbocycles. The van der Waals surface area contributed by atoms with Gasteiger partial charge < -0.3 is 10.2 Å². The zero-order valence-electron chi connectivity index (χ0n) is 13.8. The van der Waals surface area contributed by atoms with Crippen LogP contribution in [0.2, 0.25) is 0 Å². The van der Waals surface area contributed by atoms with E-state index in [2.05, 4.69) is 47.5 Å². The van der Waals surface area contributed by atoms with Gasteiger partial charge in [0.2, 0.25) is 0 Å². The molecule has 3 rings (SSSR count). The number of hydrogen-bond acceptors (Lipinski definition) is 5. The normalized spacial score (nSPS) is 11.0. The smallest absolute Gasteiger partial charge is 0.293 e. The van der Waals surface area contributed by atoms with Crippen LogP contribution < -0.4 is 5.43 Å². The first-order valence-corrected chi connectivity index (χ1v) is 9.34. The molecular formula is C18H14Br2N4O3. The van der Waals surface area contributed by atoms with E-state index in [1.165, 1.54) is 24.4 Å². The number of hydrogen-bond donors (Lipinski definition) is 3. The van der Waals surface area contributed by atoms with Crippen molar-refractivity contribution in [2.24, 2.45) is 5.10 Å². The number of rotatable bonds is 5. The quantitative estimate of drug-likeness (QED) is 0.373. The molecule has 27 heavy (non-hydrogen) atoms. The van der Waals surface area contributed by atoms with Crippen LogP contribution in [0.5, 0.6) is 11.5 Å². The molecule has 0 atom stereocenters. The molecule has 0 aliphatic carbocycles. The van der Waals surface area contributed by atoms with E-state index in [1.54, 1.807) is 10.9 Å². The molecule has 0 radical (unpaired) electrons. The second-order valence-corrected chi connectivity index (χ2v) is 7.36. The standard InChI is InChI=1S/C18H14Br2N4O3/c19-13-4-1-11(2-5-13)9-24-10-15(20)17(23-24)18(27)22-21-8-12-3-6-14(25)7-16(12)26/h1-8,10,25-26H,9H2,(H,22,27). The van der Waals surface area contributed by atoms with Gasteiger partial charge in [0.05, 0.1) is 17.2 Å². The van der Waals surface area contributed by atoms with E-state index >= 15 is 0 Å². The average Bonchev–Trinajstić information content (AvgIpc) is 2.99. The Labute approximate surface area is 171 Å². The number of aromatic hydroxyl groups is 2. The van der Waals surface area contributed by atoms with E-state index in [1.807, 2.05) is 24.3 Å². The van der Waals surface area contributed by atoms with Crippen molar-refractivity contribution in [2.45, 2.75) is 6.54 Å². The highest BCUT2D eigenvalue weighted by Gasteiger charge is 2.15. The molecule has 1 heterocycles. The molecule has 7 nitrogen and oxygen atoms in total. The number of aromatic nitrogens is 2. The molecule has 1 amide bonds. The van der Waals surface area contributed by atoms with E-state index in [0.717, 1.165) is 10.0 Å². The summed E-state index contributed by atoms with van der Waals surface area (Å²) in [5, 5.41) is 27.0. The summed E-state index contributed by atoms with van der Waals surface area (Å²) in [6.45, 7) is 0.518. The molecule has 3 aromatic rings. The van der Waals surface area contributed by atoms with Crippen LogP contribution in [0.15, 0.2) is 62.7 Å². The molecule has 0 aliphatic heterocycles. The fourth-order valence-electron chi connectivity index (χ4n) is 2.26. The third-order valence-electron chi connectivity index (χ3n) is 3.57. The number of hydrazone groups is 1. The number of phenolic OH excluding ortho intramolecular Hbond substituents is 2. The maximum Gasteiger partial charge on any atom is 0.293 e. The minimum absolute atomic E-state index is 0.0612. The van der Waals surface area contributed by atoms with Gasteiger partial charge in [-0.05, 0) is 45.8 Å². The molecule has 0 bridgehead atoms. The largest absolute Gasteiger partial charge is 0.508 e. The number of phenols is 2. The van der Waals surface area contributed by atoms with E-state index < -0.39 is 5.91 Å². The summed E-state index contributed by atoms with van der Waals surface area (Å²) >= 11 is 6.72. The lowest BCUT2D eigenvalue weighted by molar-refractivity contribution is 0.0948. The van der Waals surface area contributed by atoms with E-state index in [9.17, 15) is 15.0 Å². The number of carbonyl (C=O) groups excluding carboxylic acids is 1. The number of amides is 1. The molecule has 0 spiro atoms. The van der Waals surface area contributed by atoms with Crippen LogP contribution in [-0.4, -0.2) is 32.1 Å². The number of benzene rings is 2. The maximum absolute atomic E-state index is 12.3. The Balaban J connectivity index is 1.67. The number of carbonyl (C=O) groups is 1. The average molecular weight is 494 g/mol. The lowest BCUT2D eigenvalue weighted by Crippen LogP contribution is -2.19. The topological polar surface area (TPSA) is 99.7 Å². The Hall–Kier alpha value is -2.65. The highest BCUT2D eigenvalue weighted by Crippen LogP contribution is 2.21.